The summed E-state index contributed by atoms with van der Waals surface area (Å²) < 4.78 is 16.1. The number of halogens is 1. The Morgan fingerprint density at radius 1 is 1.04 bits per heavy atom. The molecular weight excluding hydrogens is 343 g/mol. The van der Waals surface area contributed by atoms with E-state index >= 15 is 0 Å². The number of imidazole rings is 1. The highest BCUT2D eigenvalue weighted by molar-refractivity contribution is 5.81. The predicted octanol–water partition coefficient (Wildman–Crippen LogP) is 2.80. The number of benzene rings is 1. The van der Waals surface area contributed by atoms with Crippen molar-refractivity contribution in [3.63, 3.8) is 0 Å². The average Bonchev–Trinajstić information content (AvgIpc) is 3.09. The van der Waals surface area contributed by atoms with E-state index < -0.39 is 0 Å². The minimum Gasteiger partial charge on any atom is -0.369 e. The molecule has 1 aliphatic rings. The third-order valence-corrected chi connectivity index (χ3v) is 4.93. The molecule has 1 aromatic carbocycles. The molecule has 7 heteroatoms. The van der Waals surface area contributed by atoms with Crippen LogP contribution in [0, 0.1) is 12.7 Å². The molecule has 6 nitrogen and oxygen atoms in total. The summed E-state index contributed by atoms with van der Waals surface area (Å²) in [6.45, 7) is 5.80. The van der Waals surface area contributed by atoms with E-state index in [1.165, 1.54) is 6.07 Å². The molecule has 0 amide bonds. The van der Waals surface area contributed by atoms with Gasteiger partial charge in [-0.05, 0) is 31.2 Å². The summed E-state index contributed by atoms with van der Waals surface area (Å²) in [6.07, 6.45) is 5.34. The highest BCUT2D eigenvalue weighted by Crippen LogP contribution is 2.25. The average molecular weight is 362 g/mol. The van der Waals surface area contributed by atoms with Gasteiger partial charge < -0.3 is 14.6 Å². The zero-order valence-corrected chi connectivity index (χ0v) is 15.0. The number of nitrogens with one attached hydrogen (secondary N) is 1. The van der Waals surface area contributed by atoms with E-state index in [0.717, 1.165) is 48.6 Å². The van der Waals surface area contributed by atoms with Gasteiger partial charge >= 0.3 is 0 Å². The molecule has 1 N–H and O–H groups in total. The molecule has 5 rings (SSSR count). The second kappa shape index (κ2) is 6.28. The molecule has 0 atom stereocenters. The minimum absolute atomic E-state index is 0.325. The van der Waals surface area contributed by atoms with E-state index in [2.05, 4.69) is 32.3 Å². The summed E-state index contributed by atoms with van der Waals surface area (Å²) in [4.78, 5) is 15.8. The molecule has 1 fully saturated rings. The van der Waals surface area contributed by atoms with Crippen molar-refractivity contribution in [2.45, 2.75) is 6.92 Å². The lowest BCUT2D eigenvalue weighted by Gasteiger charge is -2.29. The molecule has 0 saturated carbocycles. The fraction of sp³-hybridized carbons (Fsp3) is 0.250. The van der Waals surface area contributed by atoms with Crippen LogP contribution >= 0.6 is 0 Å². The second-order valence-corrected chi connectivity index (χ2v) is 6.86. The Hall–Kier alpha value is -3.06. The molecule has 0 bridgehead atoms. The molecule has 3 aromatic heterocycles. The Balaban J connectivity index is 1.54. The van der Waals surface area contributed by atoms with Crippen LogP contribution in [0.15, 0.2) is 42.9 Å². The van der Waals surface area contributed by atoms with Crippen LogP contribution in [-0.2, 0) is 0 Å². The van der Waals surface area contributed by atoms with E-state index in [-0.39, 0.29) is 5.82 Å². The summed E-state index contributed by atoms with van der Waals surface area (Å²) in [5.74, 6) is -0.364. The molecule has 1 aliphatic heterocycles. The molecule has 0 unspecified atom stereocenters. The monoisotopic (exact) mass is 362 g/mol. The maximum Gasteiger partial charge on any atom is 0.173 e. The summed E-state index contributed by atoms with van der Waals surface area (Å²) in [5, 5.41) is 3.36. The fourth-order valence-corrected chi connectivity index (χ4v) is 3.58. The fourth-order valence-electron chi connectivity index (χ4n) is 3.58. The number of nitrogens with zero attached hydrogens (tertiary/aromatic N) is 5. The summed E-state index contributed by atoms with van der Waals surface area (Å²) in [5.41, 5.74) is 5.22. The van der Waals surface area contributed by atoms with E-state index in [0.29, 0.717) is 16.9 Å². The largest absolute Gasteiger partial charge is 0.369 e. The first-order valence-electron chi connectivity index (χ1n) is 9.05. The van der Waals surface area contributed by atoms with Crippen LogP contribution in [0.4, 0.5) is 10.1 Å². The van der Waals surface area contributed by atoms with Gasteiger partial charge in [-0.25, -0.2) is 14.4 Å². The van der Waals surface area contributed by atoms with Gasteiger partial charge in [0.25, 0.3) is 0 Å². The normalized spacial score (nSPS) is 15.0. The Bertz CT molecular complexity index is 1150. The van der Waals surface area contributed by atoms with Crippen LogP contribution in [0.2, 0.25) is 0 Å². The number of piperazine rings is 1. The van der Waals surface area contributed by atoms with Crippen molar-refractivity contribution in [1.29, 1.82) is 0 Å². The second-order valence-electron chi connectivity index (χ2n) is 6.86. The molecule has 0 radical (unpaired) electrons. The SMILES string of the molecule is Cc1cn2cc(-c3cnc4cc(N5CCNCC5)ccc4n3)cc(F)c2n1. The minimum atomic E-state index is -0.364. The number of fused-ring (bicyclic) bond motifs is 2. The highest BCUT2D eigenvalue weighted by Gasteiger charge is 2.13. The van der Waals surface area contributed by atoms with Crippen molar-refractivity contribution in [2.75, 3.05) is 31.1 Å². The number of aromatic nitrogens is 4. The molecule has 136 valence electrons. The summed E-state index contributed by atoms with van der Waals surface area (Å²) in [7, 11) is 0. The van der Waals surface area contributed by atoms with Gasteiger partial charge in [0.2, 0.25) is 0 Å². The lowest BCUT2D eigenvalue weighted by atomic mass is 10.2. The Labute approximate surface area is 155 Å². The standard InChI is InChI=1S/C20H19FN6/c1-13-11-27-12-14(8-16(21)20(27)24-13)19-10-23-18-9-15(2-3-17(18)25-19)26-6-4-22-5-7-26/h2-3,8-12,22H,4-7H2,1H3. The third kappa shape index (κ3) is 2.90. The van der Waals surface area contributed by atoms with Crippen molar-refractivity contribution >= 4 is 22.4 Å². The van der Waals surface area contributed by atoms with Gasteiger partial charge in [0.15, 0.2) is 11.5 Å². The maximum atomic E-state index is 14.4. The van der Waals surface area contributed by atoms with Crippen molar-refractivity contribution in [2.24, 2.45) is 0 Å². The lowest BCUT2D eigenvalue weighted by Crippen LogP contribution is -2.43. The predicted molar refractivity (Wildman–Crippen MR) is 104 cm³/mol. The van der Waals surface area contributed by atoms with Gasteiger partial charge in [0.05, 0.1) is 28.6 Å². The molecule has 27 heavy (non-hydrogen) atoms. The lowest BCUT2D eigenvalue weighted by molar-refractivity contribution is 0.589. The topological polar surface area (TPSA) is 58.4 Å². The Morgan fingerprint density at radius 3 is 2.74 bits per heavy atom. The molecule has 0 spiro atoms. The number of aryl methyl sites for hydroxylation is 1. The third-order valence-electron chi connectivity index (χ3n) is 4.93. The Kier molecular flexibility index (Phi) is 3.75. The maximum absolute atomic E-state index is 14.4. The van der Waals surface area contributed by atoms with Gasteiger partial charge in [-0.3, -0.25) is 4.98 Å². The van der Waals surface area contributed by atoms with Crippen LogP contribution in [0.5, 0.6) is 0 Å². The van der Waals surface area contributed by atoms with Crippen LogP contribution in [-0.4, -0.2) is 45.5 Å². The first kappa shape index (κ1) is 16.1. The molecular formula is C20H19FN6. The molecule has 4 aromatic rings. The van der Waals surface area contributed by atoms with E-state index in [1.807, 2.05) is 19.2 Å². The zero-order chi connectivity index (χ0) is 18.4. The van der Waals surface area contributed by atoms with Crippen LogP contribution in [0.3, 0.4) is 0 Å². The van der Waals surface area contributed by atoms with E-state index in [1.54, 1.807) is 16.8 Å². The van der Waals surface area contributed by atoms with Gasteiger partial charge in [0, 0.05) is 49.8 Å². The molecule has 1 saturated heterocycles. The molecule has 4 heterocycles. The van der Waals surface area contributed by atoms with E-state index in [9.17, 15) is 4.39 Å². The van der Waals surface area contributed by atoms with Crippen molar-refractivity contribution < 1.29 is 4.39 Å². The molecule has 0 aliphatic carbocycles. The number of hydrogen-bond donors (Lipinski definition) is 1. The van der Waals surface area contributed by atoms with Crippen molar-refractivity contribution in [3.8, 4) is 11.3 Å². The zero-order valence-electron chi connectivity index (χ0n) is 15.0. The number of pyridine rings is 1. The van der Waals surface area contributed by atoms with E-state index in [4.69, 9.17) is 4.98 Å². The van der Waals surface area contributed by atoms with Crippen LogP contribution < -0.4 is 10.2 Å². The number of hydrogen-bond acceptors (Lipinski definition) is 5. The number of rotatable bonds is 2. The van der Waals surface area contributed by atoms with Crippen LogP contribution in [0.1, 0.15) is 5.69 Å². The van der Waals surface area contributed by atoms with Gasteiger partial charge in [-0.15, -0.1) is 0 Å². The van der Waals surface area contributed by atoms with Gasteiger partial charge in [0.1, 0.15) is 0 Å². The summed E-state index contributed by atoms with van der Waals surface area (Å²) in [6, 6.07) is 7.60. The highest BCUT2D eigenvalue weighted by atomic mass is 19.1. The first-order chi connectivity index (χ1) is 13.2. The number of anilines is 1. The van der Waals surface area contributed by atoms with Crippen molar-refractivity contribution in [1.82, 2.24) is 24.7 Å². The van der Waals surface area contributed by atoms with Gasteiger partial charge in [-0.1, -0.05) is 0 Å². The van der Waals surface area contributed by atoms with Crippen LogP contribution in [0.25, 0.3) is 27.9 Å². The first-order valence-corrected chi connectivity index (χ1v) is 9.05. The van der Waals surface area contributed by atoms with Gasteiger partial charge in [-0.2, -0.15) is 0 Å². The summed E-state index contributed by atoms with van der Waals surface area (Å²) >= 11 is 0. The smallest absolute Gasteiger partial charge is 0.173 e. The van der Waals surface area contributed by atoms with Crippen molar-refractivity contribution in [3.05, 3.63) is 54.4 Å². The quantitative estimate of drug-likeness (QED) is 0.594. The Morgan fingerprint density at radius 2 is 1.89 bits per heavy atom.